The third-order valence-corrected chi connectivity index (χ3v) is 3.49. The third kappa shape index (κ3) is 2.46. The summed E-state index contributed by atoms with van der Waals surface area (Å²) in [6, 6.07) is 6.89. The highest BCUT2D eigenvalue weighted by Gasteiger charge is 2.12. The number of rotatable bonds is 4. The topological polar surface area (TPSA) is 100 Å². The lowest BCUT2D eigenvalue weighted by atomic mass is 10.0. The molecule has 0 fully saturated rings. The fourth-order valence-corrected chi connectivity index (χ4v) is 2.58. The molecule has 110 valence electrons. The number of carboxylic acid groups (broad SMARTS) is 2. The maximum absolute atomic E-state index is 11.0. The minimum absolute atomic E-state index is 0.0979. The Morgan fingerprint density at radius 2 is 1.18 bits per heavy atom. The summed E-state index contributed by atoms with van der Waals surface area (Å²) >= 11 is 0. The highest BCUT2D eigenvalue weighted by atomic mass is 16.4. The van der Waals surface area contributed by atoms with Gasteiger partial charge in [0.05, 0.1) is 23.9 Å². The SMILES string of the molecule is O=C(O)Cc1ccnc2c1ccc1c(CC(=O)O)ccnc12. The molecule has 0 radical (unpaired) electrons. The number of hydrogen-bond acceptors (Lipinski definition) is 4. The molecule has 0 aliphatic rings. The molecule has 1 aromatic carbocycles. The van der Waals surface area contributed by atoms with Gasteiger partial charge in [-0.25, -0.2) is 0 Å². The van der Waals surface area contributed by atoms with E-state index in [1.54, 1.807) is 36.7 Å². The van der Waals surface area contributed by atoms with Crippen molar-refractivity contribution in [2.45, 2.75) is 12.8 Å². The first-order chi connectivity index (χ1) is 10.6. The Morgan fingerprint density at radius 1 is 0.773 bits per heavy atom. The van der Waals surface area contributed by atoms with Crippen LogP contribution in [0.15, 0.2) is 36.7 Å². The molecular weight excluding hydrogens is 284 g/mol. The third-order valence-electron chi connectivity index (χ3n) is 3.49. The predicted molar refractivity (Wildman–Crippen MR) is 79.7 cm³/mol. The Balaban J connectivity index is 2.28. The van der Waals surface area contributed by atoms with E-state index in [4.69, 9.17) is 10.2 Å². The number of carboxylic acids is 2. The van der Waals surface area contributed by atoms with Gasteiger partial charge in [-0.05, 0) is 23.3 Å². The van der Waals surface area contributed by atoms with E-state index in [-0.39, 0.29) is 12.8 Å². The molecule has 0 atom stereocenters. The van der Waals surface area contributed by atoms with Gasteiger partial charge >= 0.3 is 11.9 Å². The molecule has 2 aromatic heterocycles. The smallest absolute Gasteiger partial charge is 0.307 e. The zero-order valence-electron chi connectivity index (χ0n) is 11.5. The van der Waals surface area contributed by atoms with Gasteiger partial charge < -0.3 is 10.2 Å². The van der Waals surface area contributed by atoms with Gasteiger partial charge in [-0.2, -0.15) is 0 Å². The second kappa shape index (κ2) is 5.40. The van der Waals surface area contributed by atoms with Crippen LogP contribution in [0.25, 0.3) is 21.8 Å². The molecule has 3 rings (SSSR count). The largest absolute Gasteiger partial charge is 0.481 e. The number of nitrogens with zero attached hydrogens (tertiary/aromatic N) is 2. The molecule has 0 saturated carbocycles. The maximum Gasteiger partial charge on any atom is 0.307 e. The molecular formula is C16H12N2O4. The lowest BCUT2D eigenvalue weighted by Crippen LogP contribution is -2.03. The highest BCUT2D eigenvalue weighted by Crippen LogP contribution is 2.27. The van der Waals surface area contributed by atoms with Crippen LogP contribution in [0.1, 0.15) is 11.1 Å². The van der Waals surface area contributed by atoms with Crippen LogP contribution in [0.2, 0.25) is 0 Å². The van der Waals surface area contributed by atoms with Gasteiger partial charge in [-0.1, -0.05) is 12.1 Å². The maximum atomic E-state index is 11.0. The van der Waals surface area contributed by atoms with Gasteiger partial charge in [-0.15, -0.1) is 0 Å². The van der Waals surface area contributed by atoms with E-state index in [1.807, 2.05) is 0 Å². The average molecular weight is 296 g/mol. The van der Waals surface area contributed by atoms with E-state index < -0.39 is 11.9 Å². The van der Waals surface area contributed by atoms with Crippen LogP contribution in [0.3, 0.4) is 0 Å². The highest BCUT2D eigenvalue weighted by molar-refractivity contribution is 6.05. The van der Waals surface area contributed by atoms with Gasteiger partial charge in [-0.3, -0.25) is 19.6 Å². The minimum Gasteiger partial charge on any atom is -0.481 e. The Kier molecular flexibility index (Phi) is 3.42. The van der Waals surface area contributed by atoms with Gasteiger partial charge in [0.1, 0.15) is 0 Å². The fourth-order valence-electron chi connectivity index (χ4n) is 2.58. The van der Waals surface area contributed by atoms with E-state index in [0.29, 0.717) is 22.2 Å². The molecule has 0 bridgehead atoms. The van der Waals surface area contributed by atoms with Crippen LogP contribution in [0.4, 0.5) is 0 Å². The Bertz CT molecular complexity index is 830. The first kappa shape index (κ1) is 13.9. The van der Waals surface area contributed by atoms with E-state index in [1.165, 1.54) is 0 Å². The van der Waals surface area contributed by atoms with Gasteiger partial charge in [0.2, 0.25) is 0 Å². The molecule has 0 spiro atoms. The minimum atomic E-state index is -0.916. The monoisotopic (exact) mass is 296 g/mol. The van der Waals surface area contributed by atoms with Crippen molar-refractivity contribution in [3.8, 4) is 0 Å². The van der Waals surface area contributed by atoms with Crippen molar-refractivity contribution in [2.75, 3.05) is 0 Å². The molecule has 0 aliphatic heterocycles. The molecule has 6 nitrogen and oxygen atoms in total. The number of hydrogen-bond donors (Lipinski definition) is 2. The number of benzene rings is 1. The summed E-state index contributed by atoms with van der Waals surface area (Å²) in [5.74, 6) is -1.83. The molecule has 0 amide bonds. The van der Waals surface area contributed by atoms with Crippen molar-refractivity contribution in [3.05, 3.63) is 47.8 Å². The first-order valence-electron chi connectivity index (χ1n) is 6.64. The Hall–Kier alpha value is -3.02. The lowest BCUT2D eigenvalue weighted by Gasteiger charge is -2.08. The molecule has 0 saturated heterocycles. The predicted octanol–water partition coefficient (Wildman–Crippen LogP) is 2.04. The summed E-state index contributed by atoms with van der Waals surface area (Å²) in [4.78, 5) is 30.5. The normalized spacial score (nSPS) is 10.9. The Morgan fingerprint density at radius 3 is 1.55 bits per heavy atom. The van der Waals surface area contributed by atoms with E-state index in [9.17, 15) is 9.59 Å². The number of aromatic nitrogens is 2. The van der Waals surface area contributed by atoms with Crippen LogP contribution in [-0.2, 0) is 22.4 Å². The number of fused-ring (bicyclic) bond motifs is 3. The summed E-state index contributed by atoms with van der Waals surface area (Å²) < 4.78 is 0. The number of carbonyl (C=O) groups is 2. The second-order valence-corrected chi connectivity index (χ2v) is 4.94. The standard InChI is InChI=1S/C16H12N2O4/c19-13(20)7-9-3-5-17-15-11(9)1-2-12-10(8-14(21)22)4-6-18-16(12)15/h1-6H,7-8H2,(H,19,20)(H,21,22). The van der Waals surface area contributed by atoms with E-state index in [0.717, 1.165) is 10.8 Å². The molecule has 0 aliphatic carbocycles. The molecule has 2 heterocycles. The van der Waals surface area contributed by atoms with Crippen molar-refractivity contribution < 1.29 is 19.8 Å². The van der Waals surface area contributed by atoms with Crippen LogP contribution in [0.5, 0.6) is 0 Å². The van der Waals surface area contributed by atoms with Gasteiger partial charge in [0.25, 0.3) is 0 Å². The summed E-state index contributed by atoms with van der Waals surface area (Å²) in [7, 11) is 0. The average Bonchev–Trinajstić information content (AvgIpc) is 2.46. The Labute approximate surface area is 125 Å². The fraction of sp³-hybridized carbons (Fsp3) is 0.125. The summed E-state index contributed by atoms with van der Waals surface area (Å²) in [6.07, 6.45) is 2.90. The summed E-state index contributed by atoms with van der Waals surface area (Å²) in [6.45, 7) is 0. The number of aliphatic carboxylic acids is 2. The van der Waals surface area contributed by atoms with Crippen LogP contribution >= 0.6 is 0 Å². The molecule has 0 unspecified atom stereocenters. The van der Waals surface area contributed by atoms with Crippen molar-refractivity contribution >= 4 is 33.7 Å². The van der Waals surface area contributed by atoms with Crippen molar-refractivity contribution in [1.82, 2.24) is 9.97 Å². The van der Waals surface area contributed by atoms with E-state index in [2.05, 4.69) is 9.97 Å². The zero-order chi connectivity index (χ0) is 15.7. The van der Waals surface area contributed by atoms with Crippen LogP contribution < -0.4 is 0 Å². The molecule has 22 heavy (non-hydrogen) atoms. The van der Waals surface area contributed by atoms with Crippen molar-refractivity contribution in [1.29, 1.82) is 0 Å². The van der Waals surface area contributed by atoms with Gasteiger partial charge in [0.15, 0.2) is 0 Å². The van der Waals surface area contributed by atoms with Crippen LogP contribution in [0, 0.1) is 0 Å². The lowest BCUT2D eigenvalue weighted by molar-refractivity contribution is -0.137. The molecule has 2 N–H and O–H groups in total. The second-order valence-electron chi connectivity index (χ2n) is 4.94. The van der Waals surface area contributed by atoms with Crippen molar-refractivity contribution in [2.24, 2.45) is 0 Å². The first-order valence-corrected chi connectivity index (χ1v) is 6.64. The zero-order valence-corrected chi connectivity index (χ0v) is 11.5. The number of pyridine rings is 2. The van der Waals surface area contributed by atoms with Crippen molar-refractivity contribution in [3.63, 3.8) is 0 Å². The molecule has 3 aromatic rings. The van der Waals surface area contributed by atoms with Gasteiger partial charge in [0, 0.05) is 23.2 Å². The molecule has 6 heteroatoms. The quantitative estimate of drug-likeness (QED) is 0.714. The van der Waals surface area contributed by atoms with Crippen LogP contribution in [-0.4, -0.2) is 32.1 Å². The summed E-state index contributed by atoms with van der Waals surface area (Å²) in [5, 5.41) is 19.4. The van der Waals surface area contributed by atoms with E-state index >= 15 is 0 Å². The summed E-state index contributed by atoms with van der Waals surface area (Å²) in [5.41, 5.74) is 2.49.